The molecule has 0 bridgehead atoms. The molecule has 0 saturated carbocycles. The summed E-state index contributed by atoms with van der Waals surface area (Å²) >= 11 is 0. The first-order valence-corrected chi connectivity index (χ1v) is 20.9. The summed E-state index contributed by atoms with van der Waals surface area (Å²) in [5.41, 5.74) is 5.07. The molecule has 1 aliphatic carbocycles. The number of nitrogens with one attached hydrogen (secondary N) is 2. The third-order valence-electron chi connectivity index (χ3n) is 10.2. The molecule has 2 aliphatic rings. The summed E-state index contributed by atoms with van der Waals surface area (Å²) in [6.07, 6.45) is -6.30. The number of nitro benzene ring substituents is 1. The van der Waals surface area contributed by atoms with Crippen LogP contribution in [-0.4, -0.2) is 105 Å². The van der Waals surface area contributed by atoms with Gasteiger partial charge in [-0.2, -0.15) is 0 Å². The number of amides is 1. The first-order valence-electron chi connectivity index (χ1n) is 20.9. The molecule has 0 unspecified atom stereocenters. The van der Waals surface area contributed by atoms with Gasteiger partial charge in [0, 0.05) is 51.9 Å². The summed E-state index contributed by atoms with van der Waals surface area (Å²) in [7, 11) is 1.06. The number of hydrogen-bond donors (Lipinski definition) is 2. The van der Waals surface area contributed by atoms with E-state index in [1.54, 1.807) is 18.2 Å². The van der Waals surface area contributed by atoms with E-state index >= 15 is 0 Å². The molecule has 4 aromatic rings. The minimum Gasteiger partial charge on any atom is -0.467 e. The Balaban J connectivity index is 1.15. The highest BCUT2D eigenvalue weighted by molar-refractivity contribution is 5.79. The van der Waals surface area contributed by atoms with E-state index < -0.39 is 71.8 Å². The molecule has 1 amide bonds. The minimum atomic E-state index is -1.70. The van der Waals surface area contributed by atoms with E-state index in [4.69, 9.17) is 42.6 Å². The van der Waals surface area contributed by atoms with E-state index in [1.807, 2.05) is 48.5 Å². The number of nitro groups is 1. The topological polar surface area (TPSA) is 253 Å². The number of hydrogen-bond acceptors (Lipinski definition) is 18. The van der Waals surface area contributed by atoms with Crippen molar-refractivity contribution in [2.75, 3.05) is 38.7 Å². The van der Waals surface area contributed by atoms with Crippen molar-refractivity contribution in [1.82, 2.24) is 5.32 Å². The molecule has 67 heavy (non-hydrogen) atoms. The van der Waals surface area contributed by atoms with Gasteiger partial charge in [-0.05, 0) is 64.6 Å². The second kappa shape index (κ2) is 22.8. The molecular formula is C47H47N3O17. The minimum absolute atomic E-state index is 0.0382. The van der Waals surface area contributed by atoms with Crippen molar-refractivity contribution < 1.29 is 76.3 Å². The summed E-state index contributed by atoms with van der Waals surface area (Å²) in [6, 6.07) is 25.6. The van der Waals surface area contributed by atoms with Crippen molar-refractivity contribution in [2.24, 2.45) is 0 Å². The molecule has 20 heteroatoms. The Morgan fingerprint density at radius 3 is 2.01 bits per heavy atom. The highest BCUT2D eigenvalue weighted by atomic mass is 16.7. The van der Waals surface area contributed by atoms with Gasteiger partial charge in [-0.25, -0.2) is 14.4 Å². The van der Waals surface area contributed by atoms with Crippen molar-refractivity contribution in [3.8, 4) is 22.6 Å². The Morgan fingerprint density at radius 1 is 0.761 bits per heavy atom. The van der Waals surface area contributed by atoms with Crippen LogP contribution >= 0.6 is 0 Å². The normalized spacial score (nSPS) is 18.3. The Bertz CT molecular complexity index is 2450. The lowest BCUT2D eigenvalue weighted by atomic mass is 9.97. The lowest BCUT2D eigenvalue weighted by Crippen LogP contribution is -2.64. The number of ether oxygens (including phenoxy) is 9. The SMILES string of the molecule is COC(=O)[C@H]1O[C@@H](Oc2ccc(/C=C/COC(=O)Oc3ccc([N+](=O)[O-])cc3)cc2NCCCNC(=O)OCC2c3ccccc3-c3ccccc32)[C@H](OC(C)=O)[C@@H](OC(C)=O)[C@@H]1OC(C)=O. The average molecular weight is 926 g/mol. The van der Waals surface area contributed by atoms with E-state index in [9.17, 15) is 38.9 Å². The molecule has 1 saturated heterocycles. The van der Waals surface area contributed by atoms with Gasteiger partial charge in [0.15, 0.2) is 18.3 Å². The molecule has 6 rings (SSSR count). The molecule has 0 spiro atoms. The summed E-state index contributed by atoms with van der Waals surface area (Å²) in [5, 5.41) is 16.9. The summed E-state index contributed by atoms with van der Waals surface area (Å²) in [4.78, 5) is 85.4. The Morgan fingerprint density at radius 2 is 1.39 bits per heavy atom. The fraction of sp³-hybridized carbons (Fsp3) is 0.319. The van der Waals surface area contributed by atoms with Crippen molar-refractivity contribution in [1.29, 1.82) is 0 Å². The predicted molar refractivity (Wildman–Crippen MR) is 235 cm³/mol. The number of anilines is 1. The summed E-state index contributed by atoms with van der Waals surface area (Å²) < 4.78 is 49.3. The van der Waals surface area contributed by atoms with Gasteiger partial charge < -0.3 is 53.3 Å². The number of nitrogens with zero attached hydrogens (tertiary/aromatic N) is 1. The van der Waals surface area contributed by atoms with Crippen LogP contribution < -0.4 is 20.1 Å². The van der Waals surface area contributed by atoms with Crippen molar-refractivity contribution in [2.45, 2.75) is 63.8 Å². The maximum atomic E-state index is 13.0. The standard InChI is InChI=1S/C47H47N3O17/c1-27(51)62-40-41(63-28(2)52)43(64-29(3)53)45(67-42(40)44(54)59-4)66-39-21-16-30(11-9-24-60-47(56)65-32-19-17-31(18-20-32)50(57)58)25-38(39)48-22-10-23-49-46(55)61-26-37-35-14-7-5-12-33(35)34-13-6-8-15-36(34)37/h5-9,11-21,25,37,40-43,45,48H,10,22-24,26H2,1-4H3,(H,49,55)/b11-9+/t40-,41-,42-,43+,45+/m0/s1. The summed E-state index contributed by atoms with van der Waals surface area (Å²) in [6.45, 7) is 3.57. The van der Waals surface area contributed by atoms with E-state index in [2.05, 4.69) is 10.6 Å². The number of benzene rings is 4. The van der Waals surface area contributed by atoms with Gasteiger partial charge in [-0.3, -0.25) is 24.5 Å². The zero-order valence-electron chi connectivity index (χ0n) is 36.7. The molecular weight excluding hydrogens is 879 g/mol. The number of fused-ring (bicyclic) bond motifs is 3. The molecule has 0 radical (unpaired) electrons. The van der Waals surface area contributed by atoms with E-state index in [0.717, 1.165) is 50.1 Å². The van der Waals surface area contributed by atoms with Crippen LogP contribution in [0.1, 0.15) is 49.8 Å². The number of alkyl carbamates (subject to hydrolysis) is 1. The highest BCUT2D eigenvalue weighted by Gasteiger charge is 2.56. The number of esters is 4. The van der Waals surface area contributed by atoms with Crippen LogP contribution in [0.25, 0.3) is 17.2 Å². The van der Waals surface area contributed by atoms with Gasteiger partial charge in [0.25, 0.3) is 5.69 Å². The largest absolute Gasteiger partial charge is 0.514 e. The first-order chi connectivity index (χ1) is 32.2. The zero-order chi connectivity index (χ0) is 48.0. The quantitative estimate of drug-likeness (QED) is 0.0280. The van der Waals surface area contributed by atoms with Gasteiger partial charge in [-0.1, -0.05) is 60.7 Å². The fourth-order valence-corrected chi connectivity index (χ4v) is 7.41. The second-order valence-electron chi connectivity index (χ2n) is 14.9. The number of carbonyl (C=O) groups is 6. The lowest BCUT2D eigenvalue weighted by Gasteiger charge is -2.43. The zero-order valence-corrected chi connectivity index (χ0v) is 36.7. The maximum absolute atomic E-state index is 13.0. The fourth-order valence-electron chi connectivity index (χ4n) is 7.41. The van der Waals surface area contributed by atoms with Crippen LogP contribution in [0.2, 0.25) is 0 Å². The van der Waals surface area contributed by atoms with E-state index in [-0.39, 0.29) is 49.4 Å². The molecule has 1 fully saturated rings. The molecule has 2 N–H and O–H groups in total. The van der Waals surface area contributed by atoms with E-state index in [1.165, 1.54) is 36.4 Å². The molecule has 0 aromatic heterocycles. The Kier molecular flexibility index (Phi) is 16.5. The molecule has 4 aromatic carbocycles. The maximum Gasteiger partial charge on any atom is 0.514 e. The number of carbonyl (C=O) groups excluding carboxylic acids is 6. The molecule has 1 heterocycles. The number of non-ortho nitro benzene ring substituents is 1. The predicted octanol–water partition coefficient (Wildman–Crippen LogP) is 6.24. The lowest BCUT2D eigenvalue weighted by molar-refractivity contribution is -0.384. The smallest absolute Gasteiger partial charge is 0.467 e. The molecule has 352 valence electrons. The Hall–Kier alpha value is -8.00. The van der Waals surface area contributed by atoms with Gasteiger partial charge in [0.05, 0.1) is 17.7 Å². The number of rotatable bonds is 18. The van der Waals surface area contributed by atoms with Gasteiger partial charge in [-0.15, -0.1) is 0 Å². The van der Waals surface area contributed by atoms with Crippen LogP contribution in [-0.2, 0) is 52.3 Å². The van der Waals surface area contributed by atoms with Crippen molar-refractivity contribution in [3.05, 3.63) is 124 Å². The molecule has 1 aliphatic heterocycles. The molecule has 5 atom stereocenters. The van der Waals surface area contributed by atoms with Gasteiger partial charge in [0.1, 0.15) is 24.7 Å². The van der Waals surface area contributed by atoms with Crippen molar-refractivity contribution >= 4 is 53.6 Å². The Labute approximate surface area is 383 Å². The van der Waals surface area contributed by atoms with Crippen LogP contribution in [0.15, 0.2) is 97.1 Å². The monoisotopic (exact) mass is 925 g/mol. The van der Waals surface area contributed by atoms with Crippen LogP contribution in [0.4, 0.5) is 21.0 Å². The van der Waals surface area contributed by atoms with Crippen LogP contribution in [0.5, 0.6) is 11.5 Å². The van der Waals surface area contributed by atoms with Gasteiger partial charge in [0.2, 0.25) is 12.4 Å². The van der Waals surface area contributed by atoms with Crippen LogP contribution in [0.3, 0.4) is 0 Å². The van der Waals surface area contributed by atoms with Crippen molar-refractivity contribution in [3.63, 3.8) is 0 Å². The highest BCUT2D eigenvalue weighted by Crippen LogP contribution is 2.44. The van der Waals surface area contributed by atoms with Crippen LogP contribution in [0, 0.1) is 10.1 Å². The number of methoxy groups -OCH3 is 1. The average Bonchev–Trinajstić information content (AvgIpc) is 3.62. The summed E-state index contributed by atoms with van der Waals surface area (Å²) in [5.74, 6) is -3.58. The molecule has 20 nitrogen and oxygen atoms in total. The third kappa shape index (κ3) is 12.8. The van der Waals surface area contributed by atoms with E-state index in [0.29, 0.717) is 17.7 Å². The van der Waals surface area contributed by atoms with Gasteiger partial charge >= 0.3 is 36.1 Å². The first kappa shape index (κ1) is 48.5. The second-order valence-corrected chi connectivity index (χ2v) is 14.9. The third-order valence-corrected chi connectivity index (χ3v) is 10.2.